The average molecular weight is 354 g/mol. The van der Waals surface area contributed by atoms with E-state index in [2.05, 4.69) is 15.9 Å². The number of non-ortho nitro benzene ring substituents is 1. The molecule has 100 valence electrons. The Labute approximate surface area is 127 Å². The number of nitro groups is 1. The molecule has 0 atom stereocenters. The number of nitro benzene ring substituents is 1. The second-order valence-electron chi connectivity index (χ2n) is 3.73. The number of ether oxygens (including phenoxy) is 1. The minimum atomic E-state index is -0.509. The van der Waals surface area contributed by atoms with Gasteiger partial charge in [-0.2, -0.15) is 5.26 Å². The van der Waals surface area contributed by atoms with Crippen LogP contribution in [0.5, 0.6) is 11.5 Å². The van der Waals surface area contributed by atoms with Crippen LogP contribution in [0.3, 0.4) is 0 Å². The van der Waals surface area contributed by atoms with Crippen molar-refractivity contribution in [3.8, 4) is 17.6 Å². The lowest BCUT2D eigenvalue weighted by Gasteiger charge is -2.08. The molecule has 20 heavy (non-hydrogen) atoms. The van der Waals surface area contributed by atoms with Gasteiger partial charge in [-0.05, 0) is 34.1 Å². The van der Waals surface area contributed by atoms with Gasteiger partial charge in [-0.15, -0.1) is 0 Å². The summed E-state index contributed by atoms with van der Waals surface area (Å²) in [6.45, 7) is 0. The Morgan fingerprint density at radius 1 is 1.30 bits per heavy atom. The molecule has 2 aromatic carbocycles. The molecule has 2 aromatic rings. The smallest absolute Gasteiger partial charge is 0.273 e. The maximum atomic E-state index is 10.7. The fourth-order valence-electron chi connectivity index (χ4n) is 1.46. The number of halogens is 2. The lowest BCUT2D eigenvalue weighted by atomic mass is 10.2. The molecular formula is C13H6BrClN2O3. The fourth-order valence-corrected chi connectivity index (χ4v) is 2.00. The number of nitrogens with zero attached hydrogens (tertiary/aromatic N) is 2. The summed E-state index contributed by atoms with van der Waals surface area (Å²) in [5, 5.41) is 19.8. The van der Waals surface area contributed by atoms with E-state index in [0.29, 0.717) is 21.5 Å². The molecule has 0 aliphatic rings. The summed E-state index contributed by atoms with van der Waals surface area (Å²) in [6, 6.07) is 10.7. The van der Waals surface area contributed by atoms with E-state index in [0.717, 1.165) is 0 Å². The number of nitriles is 1. The summed E-state index contributed by atoms with van der Waals surface area (Å²) >= 11 is 9.15. The molecule has 0 aliphatic carbocycles. The van der Waals surface area contributed by atoms with Crippen LogP contribution in [0, 0.1) is 21.4 Å². The molecule has 0 amide bonds. The van der Waals surface area contributed by atoms with Gasteiger partial charge in [-0.3, -0.25) is 10.1 Å². The van der Waals surface area contributed by atoms with Crippen LogP contribution < -0.4 is 4.74 Å². The number of rotatable bonds is 3. The van der Waals surface area contributed by atoms with Crippen LogP contribution in [0.1, 0.15) is 5.56 Å². The standard InChI is InChI=1S/C13H6BrClN2O3/c14-11-4-2-9(17(18)19)5-13(11)20-10-3-1-8(7-16)12(15)6-10/h1-6H. The van der Waals surface area contributed by atoms with Crippen molar-refractivity contribution in [2.45, 2.75) is 0 Å². The predicted molar refractivity (Wildman–Crippen MR) is 77.0 cm³/mol. The van der Waals surface area contributed by atoms with Gasteiger partial charge in [0, 0.05) is 12.1 Å². The molecule has 0 unspecified atom stereocenters. The summed E-state index contributed by atoms with van der Waals surface area (Å²) in [5.41, 5.74) is 0.250. The van der Waals surface area contributed by atoms with Crippen molar-refractivity contribution in [2.24, 2.45) is 0 Å². The molecule has 0 saturated carbocycles. The minimum absolute atomic E-state index is 0.0806. The minimum Gasteiger partial charge on any atom is -0.456 e. The van der Waals surface area contributed by atoms with Crippen LogP contribution in [0.2, 0.25) is 5.02 Å². The van der Waals surface area contributed by atoms with Gasteiger partial charge < -0.3 is 4.74 Å². The number of benzene rings is 2. The maximum absolute atomic E-state index is 10.7. The molecule has 0 fully saturated rings. The largest absolute Gasteiger partial charge is 0.456 e. The van der Waals surface area contributed by atoms with E-state index in [1.165, 1.54) is 30.3 Å². The highest BCUT2D eigenvalue weighted by atomic mass is 79.9. The van der Waals surface area contributed by atoms with E-state index in [4.69, 9.17) is 21.6 Å². The SMILES string of the molecule is N#Cc1ccc(Oc2cc([N+](=O)[O-])ccc2Br)cc1Cl. The van der Waals surface area contributed by atoms with E-state index in [1.54, 1.807) is 6.07 Å². The van der Waals surface area contributed by atoms with Crippen LogP contribution in [0.15, 0.2) is 40.9 Å². The molecule has 0 aromatic heterocycles. The molecule has 0 aliphatic heterocycles. The maximum Gasteiger partial charge on any atom is 0.273 e. The third-order valence-electron chi connectivity index (χ3n) is 2.41. The Hall–Kier alpha value is -2.10. The summed E-state index contributed by atoms with van der Waals surface area (Å²) in [4.78, 5) is 10.2. The van der Waals surface area contributed by atoms with Gasteiger partial charge in [-0.25, -0.2) is 0 Å². The van der Waals surface area contributed by atoms with Gasteiger partial charge >= 0.3 is 0 Å². The Balaban J connectivity index is 2.35. The molecule has 0 heterocycles. The number of hydrogen-bond donors (Lipinski definition) is 0. The van der Waals surface area contributed by atoms with Crippen molar-refractivity contribution >= 4 is 33.2 Å². The lowest BCUT2D eigenvalue weighted by molar-refractivity contribution is -0.384. The molecular weight excluding hydrogens is 348 g/mol. The first-order chi connectivity index (χ1) is 9.51. The fraction of sp³-hybridized carbons (Fsp3) is 0. The Bertz CT molecular complexity index is 728. The highest BCUT2D eigenvalue weighted by Gasteiger charge is 2.12. The molecule has 0 saturated heterocycles. The van der Waals surface area contributed by atoms with Crippen molar-refractivity contribution < 1.29 is 9.66 Å². The van der Waals surface area contributed by atoms with Crippen molar-refractivity contribution in [2.75, 3.05) is 0 Å². The van der Waals surface area contributed by atoms with Crippen molar-refractivity contribution in [3.63, 3.8) is 0 Å². The number of hydrogen-bond acceptors (Lipinski definition) is 4. The van der Waals surface area contributed by atoms with E-state index in [1.807, 2.05) is 6.07 Å². The Morgan fingerprint density at radius 2 is 2.05 bits per heavy atom. The molecule has 5 nitrogen and oxygen atoms in total. The van der Waals surface area contributed by atoms with Gasteiger partial charge in [0.25, 0.3) is 5.69 Å². The van der Waals surface area contributed by atoms with Crippen LogP contribution >= 0.6 is 27.5 Å². The summed E-state index contributed by atoms with van der Waals surface area (Å²) in [6.07, 6.45) is 0. The zero-order valence-corrected chi connectivity index (χ0v) is 12.2. The predicted octanol–water partition coefficient (Wildman–Crippen LogP) is 4.67. The Morgan fingerprint density at radius 3 is 2.65 bits per heavy atom. The van der Waals surface area contributed by atoms with E-state index < -0.39 is 4.92 Å². The monoisotopic (exact) mass is 352 g/mol. The molecule has 7 heteroatoms. The zero-order chi connectivity index (χ0) is 14.7. The third-order valence-corrected chi connectivity index (χ3v) is 3.38. The average Bonchev–Trinajstić information content (AvgIpc) is 2.41. The van der Waals surface area contributed by atoms with Gasteiger partial charge in [-0.1, -0.05) is 11.6 Å². The quantitative estimate of drug-likeness (QED) is 0.593. The molecule has 0 radical (unpaired) electrons. The summed E-state index contributed by atoms with van der Waals surface area (Å²) in [5.74, 6) is 0.676. The van der Waals surface area contributed by atoms with Crippen molar-refractivity contribution in [3.05, 3.63) is 61.6 Å². The summed E-state index contributed by atoms with van der Waals surface area (Å²) < 4.78 is 6.11. The molecule has 2 rings (SSSR count). The van der Waals surface area contributed by atoms with Gasteiger partial charge in [0.15, 0.2) is 0 Å². The third kappa shape index (κ3) is 3.07. The first-order valence-electron chi connectivity index (χ1n) is 5.32. The zero-order valence-electron chi connectivity index (χ0n) is 9.84. The van der Waals surface area contributed by atoms with E-state index >= 15 is 0 Å². The normalized spacial score (nSPS) is 9.85. The highest BCUT2D eigenvalue weighted by Crippen LogP contribution is 2.34. The van der Waals surface area contributed by atoms with Gasteiger partial charge in [0.1, 0.15) is 17.6 Å². The second kappa shape index (κ2) is 5.90. The van der Waals surface area contributed by atoms with Gasteiger partial charge in [0.05, 0.1) is 26.0 Å². The van der Waals surface area contributed by atoms with Gasteiger partial charge in [0.2, 0.25) is 0 Å². The summed E-state index contributed by atoms with van der Waals surface area (Å²) in [7, 11) is 0. The molecule has 0 bridgehead atoms. The molecule has 0 N–H and O–H groups in total. The topological polar surface area (TPSA) is 76.2 Å². The van der Waals surface area contributed by atoms with Crippen molar-refractivity contribution in [1.82, 2.24) is 0 Å². The second-order valence-corrected chi connectivity index (χ2v) is 4.99. The highest BCUT2D eigenvalue weighted by molar-refractivity contribution is 9.10. The van der Waals surface area contributed by atoms with Crippen LogP contribution in [-0.2, 0) is 0 Å². The van der Waals surface area contributed by atoms with E-state index in [9.17, 15) is 10.1 Å². The molecule has 0 spiro atoms. The van der Waals surface area contributed by atoms with Crippen LogP contribution in [0.25, 0.3) is 0 Å². The van der Waals surface area contributed by atoms with Crippen LogP contribution in [-0.4, -0.2) is 4.92 Å². The van der Waals surface area contributed by atoms with Crippen LogP contribution in [0.4, 0.5) is 5.69 Å². The van der Waals surface area contributed by atoms with E-state index in [-0.39, 0.29) is 10.7 Å². The first-order valence-corrected chi connectivity index (χ1v) is 6.50. The van der Waals surface area contributed by atoms with Crippen molar-refractivity contribution in [1.29, 1.82) is 5.26 Å². The Kier molecular flexibility index (Phi) is 4.23. The lowest BCUT2D eigenvalue weighted by Crippen LogP contribution is -1.91. The first kappa shape index (κ1) is 14.3.